The highest BCUT2D eigenvalue weighted by molar-refractivity contribution is 6.38. The van der Waals surface area contributed by atoms with E-state index in [9.17, 15) is 20.4 Å². The Balaban J connectivity index is 1.83. The monoisotopic (exact) mass is 592 g/mol. The number of aryl methyl sites for hydroxylation is 1. The van der Waals surface area contributed by atoms with Crippen molar-refractivity contribution in [3.63, 3.8) is 0 Å². The predicted octanol–water partition coefficient (Wildman–Crippen LogP) is 9.38. The predicted molar refractivity (Wildman–Crippen MR) is 152 cm³/mol. The second-order valence-corrected chi connectivity index (χ2v) is 10.6. The van der Waals surface area contributed by atoms with Gasteiger partial charge in [0.2, 0.25) is 0 Å². The fraction of sp³-hybridized carbons (Fsp3) is 0.0714. The van der Waals surface area contributed by atoms with Crippen molar-refractivity contribution in [3.8, 4) is 45.3 Å². The number of hydrogen-bond acceptors (Lipinski definition) is 4. The number of benzene rings is 4. The summed E-state index contributed by atoms with van der Waals surface area (Å²) in [6.45, 7) is 0. The van der Waals surface area contributed by atoms with Gasteiger partial charge in [0.1, 0.15) is 17.2 Å². The Morgan fingerprint density at radius 2 is 1.16 bits per heavy atom. The normalized spacial score (nSPS) is 13.4. The molecule has 2 aliphatic carbocycles. The Morgan fingerprint density at radius 3 is 1.89 bits per heavy atom. The molecule has 188 valence electrons. The van der Waals surface area contributed by atoms with E-state index < -0.39 is 0 Å². The van der Waals surface area contributed by atoms with Crippen molar-refractivity contribution in [2.45, 2.75) is 12.8 Å². The van der Waals surface area contributed by atoms with Crippen molar-refractivity contribution < 1.29 is 20.4 Å². The maximum Gasteiger partial charge on any atom is 0.153 e. The van der Waals surface area contributed by atoms with Crippen LogP contribution in [0.25, 0.3) is 34.4 Å². The second kappa shape index (κ2) is 9.86. The molecule has 0 aromatic heterocycles. The van der Waals surface area contributed by atoms with Crippen molar-refractivity contribution >= 4 is 70.2 Å². The van der Waals surface area contributed by atoms with Gasteiger partial charge in [0.25, 0.3) is 0 Å². The average molecular weight is 595 g/mol. The molecule has 0 aliphatic heterocycles. The van der Waals surface area contributed by atoms with Crippen LogP contribution in [0, 0.1) is 0 Å². The Morgan fingerprint density at radius 1 is 0.514 bits per heavy atom. The molecule has 0 fully saturated rings. The van der Waals surface area contributed by atoms with E-state index in [4.69, 9.17) is 58.0 Å². The maximum atomic E-state index is 11.0. The first-order valence-corrected chi connectivity index (χ1v) is 12.9. The van der Waals surface area contributed by atoms with Crippen LogP contribution in [0.2, 0.25) is 25.1 Å². The summed E-state index contributed by atoms with van der Waals surface area (Å²) in [6, 6.07) is 11.5. The van der Waals surface area contributed by atoms with Crippen LogP contribution in [0.1, 0.15) is 22.3 Å². The lowest BCUT2D eigenvalue weighted by molar-refractivity contribution is 0.469. The molecule has 0 atom stereocenters. The van der Waals surface area contributed by atoms with E-state index in [1.807, 2.05) is 0 Å². The van der Waals surface area contributed by atoms with Gasteiger partial charge in [-0.2, -0.15) is 0 Å². The molecule has 0 amide bonds. The average Bonchev–Trinajstić information content (AvgIpc) is 2.86. The minimum absolute atomic E-state index is 0.0263. The molecule has 0 unspecified atom stereocenters. The number of phenolic OH excluding ortho intramolecular Hbond substituents is 4. The lowest BCUT2D eigenvalue weighted by Crippen LogP contribution is -1.99. The van der Waals surface area contributed by atoms with E-state index in [1.54, 1.807) is 48.6 Å². The molecule has 0 spiro atoms. The zero-order valence-corrected chi connectivity index (χ0v) is 22.6. The number of phenols is 4. The Bertz CT molecular complexity index is 1630. The standard InChI is InChI=1S/C28H17Cl5O4/c29-20-9-12-1-3-14-4-6-16(27(36)23(14)32)17-11-22(31)28(37)24(33)15(17)5-2-13-8-19(18(7-12)25(20)34)26(35)21(30)10-13/h1,3-4,6-11,34-37H,2,5H2/b3-1-. The highest BCUT2D eigenvalue weighted by Crippen LogP contribution is 2.47. The molecular weight excluding hydrogens is 578 g/mol. The minimum Gasteiger partial charge on any atom is -0.506 e. The quantitative estimate of drug-likeness (QED) is 0.164. The molecule has 4 N–H and O–H groups in total. The minimum atomic E-state index is -0.276. The highest BCUT2D eigenvalue weighted by Gasteiger charge is 2.22. The van der Waals surface area contributed by atoms with Gasteiger partial charge in [-0.1, -0.05) is 76.2 Å². The maximum absolute atomic E-state index is 11.0. The topological polar surface area (TPSA) is 80.9 Å². The first-order valence-electron chi connectivity index (χ1n) is 11.0. The van der Waals surface area contributed by atoms with Gasteiger partial charge in [-0.15, -0.1) is 0 Å². The van der Waals surface area contributed by atoms with Gasteiger partial charge in [-0.3, -0.25) is 0 Å². The molecule has 0 saturated carbocycles. The summed E-state index contributed by atoms with van der Waals surface area (Å²) in [6.07, 6.45) is 4.08. The Labute approximate surface area is 237 Å². The highest BCUT2D eigenvalue weighted by atomic mass is 35.5. The van der Waals surface area contributed by atoms with Gasteiger partial charge in [0.05, 0.1) is 25.1 Å². The van der Waals surface area contributed by atoms with Crippen LogP contribution in [0.5, 0.6) is 23.0 Å². The molecule has 0 saturated heterocycles. The van der Waals surface area contributed by atoms with Gasteiger partial charge < -0.3 is 20.4 Å². The van der Waals surface area contributed by atoms with Crippen molar-refractivity contribution in [1.29, 1.82) is 0 Å². The first kappa shape index (κ1) is 25.9. The smallest absolute Gasteiger partial charge is 0.153 e. The molecule has 6 bridgehead atoms. The molecule has 6 rings (SSSR count). The lowest BCUT2D eigenvalue weighted by atomic mass is 9.91. The molecule has 4 aromatic rings. The van der Waals surface area contributed by atoms with Crippen LogP contribution in [-0.4, -0.2) is 20.4 Å². The van der Waals surface area contributed by atoms with Crippen molar-refractivity contribution in [3.05, 3.63) is 89.8 Å². The third-order valence-electron chi connectivity index (χ3n) is 6.35. The second-order valence-electron chi connectivity index (χ2n) is 8.62. The SMILES string of the molecule is Oc1c(Cl)cc2cc1-c1cc(cc(Cl)c1O)CCc1c(cc(Cl)c(O)c1Cl)-c1ccc(c(Cl)c1O)/C=C\2. The van der Waals surface area contributed by atoms with Gasteiger partial charge in [-0.25, -0.2) is 0 Å². The molecule has 4 aromatic carbocycles. The van der Waals surface area contributed by atoms with Crippen LogP contribution in [0.3, 0.4) is 0 Å². The summed E-state index contributed by atoms with van der Waals surface area (Å²) >= 11 is 32.0. The number of halogens is 5. The van der Waals surface area contributed by atoms with Crippen LogP contribution >= 0.6 is 58.0 Å². The van der Waals surface area contributed by atoms with Gasteiger partial charge >= 0.3 is 0 Å². The van der Waals surface area contributed by atoms with E-state index in [0.717, 1.165) is 5.56 Å². The van der Waals surface area contributed by atoms with Gasteiger partial charge in [-0.05, 0) is 77.1 Å². The van der Waals surface area contributed by atoms with Crippen molar-refractivity contribution in [2.75, 3.05) is 0 Å². The zero-order valence-electron chi connectivity index (χ0n) is 18.8. The Hall–Kier alpha value is -2.73. The lowest BCUT2D eigenvalue weighted by Gasteiger charge is -2.18. The van der Waals surface area contributed by atoms with Crippen LogP contribution in [0.15, 0.2) is 42.5 Å². The van der Waals surface area contributed by atoms with E-state index in [2.05, 4.69) is 0 Å². The van der Waals surface area contributed by atoms with E-state index in [-0.39, 0.29) is 53.7 Å². The third-order valence-corrected chi connectivity index (χ3v) is 8.02. The third kappa shape index (κ3) is 4.58. The van der Waals surface area contributed by atoms with E-state index in [1.165, 1.54) is 6.07 Å². The number of fused-ring (bicyclic) bond motifs is 3. The molecule has 4 nitrogen and oxygen atoms in total. The Kier molecular flexibility index (Phi) is 6.90. The summed E-state index contributed by atoms with van der Waals surface area (Å²) in [5.41, 5.74) is 3.87. The van der Waals surface area contributed by atoms with Crippen LogP contribution in [0.4, 0.5) is 0 Å². The summed E-state index contributed by atoms with van der Waals surface area (Å²) in [4.78, 5) is 0. The number of rotatable bonds is 0. The summed E-state index contributed by atoms with van der Waals surface area (Å²) < 4.78 is 0. The van der Waals surface area contributed by atoms with Gasteiger partial charge in [0, 0.05) is 16.7 Å². The summed E-state index contributed by atoms with van der Waals surface area (Å²) in [5.74, 6) is -0.863. The van der Waals surface area contributed by atoms with Crippen LogP contribution in [-0.2, 0) is 12.8 Å². The van der Waals surface area contributed by atoms with E-state index in [0.29, 0.717) is 46.2 Å². The molecule has 0 heterocycles. The molecule has 37 heavy (non-hydrogen) atoms. The fourth-order valence-corrected chi connectivity index (χ4v) is 5.69. The summed E-state index contributed by atoms with van der Waals surface area (Å²) in [5, 5.41) is 43.3. The molecule has 9 heteroatoms. The zero-order chi connectivity index (χ0) is 26.6. The van der Waals surface area contributed by atoms with Crippen molar-refractivity contribution in [1.82, 2.24) is 0 Å². The fourth-order valence-electron chi connectivity index (χ4n) is 4.44. The summed E-state index contributed by atoms with van der Waals surface area (Å²) in [7, 11) is 0. The number of hydrogen-bond donors (Lipinski definition) is 4. The van der Waals surface area contributed by atoms with Gasteiger partial charge in [0.15, 0.2) is 5.75 Å². The van der Waals surface area contributed by atoms with Crippen LogP contribution < -0.4 is 0 Å². The molecule has 2 aliphatic rings. The molecule has 0 radical (unpaired) electrons. The van der Waals surface area contributed by atoms with E-state index >= 15 is 0 Å². The largest absolute Gasteiger partial charge is 0.506 e. The molecular formula is C28H17Cl5O4. The first-order chi connectivity index (χ1) is 17.6. The van der Waals surface area contributed by atoms with Crippen molar-refractivity contribution in [2.24, 2.45) is 0 Å². The number of aromatic hydroxyl groups is 4.